The molecule has 1 aliphatic rings. The molecule has 0 saturated carbocycles. The Morgan fingerprint density at radius 2 is 1.92 bits per heavy atom. The van der Waals surface area contributed by atoms with Crippen LogP contribution in [0.25, 0.3) is 17.1 Å². The molecule has 1 aliphatic heterocycles. The molecule has 7 heteroatoms. The summed E-state index contributed by atoms with van der Waals surface area (Å²) in [4.78, 5) is 0. The first-order valence-electron chi connectivity index (χ1n) is 7.92. The van der Waals surface area contributed by atoms with Crippen LogP contribution in [0.15, 0.2) is 36.4 Å². The molecule has 4 rings (SSSR count). The molecule has 5 nitrogen and oxygen atoms in total. The Hall–Kier alpha value is -2.24. The highest BCUT2D eigenvalue weighted by Gasteiger charge is 2.26. The molecular weight excluding hydrogens is 359 g/mol. The van der Waals surface area contributed by atoms with Crippen LogP contribution in [0.4, 0.5) is 5.69 Å². The van der Waals surface area contributed by atoms with E-state index in [0.717, 1.165) is 35.1 Å². The fourth-order valence-corrected chi connectivity index (χ4v) is 3.40. The van der Waals surface area contributed by atoms with Crippen LogP contribution in [0, 0.1) is 0 Å². The SMILES string of the molecule is COc1ccccc1-c1nnc2n1-c1cc(Cl)c(Cl)cc1NCC2C. The van der Waals surface area contributed by atoms with Gasteiger partial charge in [0.05, 0.1) is 34.1 Å². The summed E-state index contributed by atoms with van der Waals surface area (Å²) in [7, 11) is 1.65. The molecule has 0 aliphatic carbocycles. The molecule has 128 valence electrons. The number of hydrogen-bond acceptors (Lipinski definition) is 4. The lowest BCUT2D eigenvalue weighted by atomic mass is 10.1. The van der Waals surface area contributed by atoms with Crippen molar-refractivity contribution in [3.8, 4) is 22.8 Å². The zero-order valence-corrected chi connectivity index (χ0v) is 15.3. The molecule has 2 heterocycles. The van der Waals surface area contributed by atoms with Gasteiger partial charge >= 0.3 is 0 Å². The summed E-state index contributed by atoms with van der Waals surface area (Å²) >= 11 is 12.5. The molecule has 2 aromatic carbocycles. The summed E-state index contributed by atoms with van der Waals surface area (Å²) in [5.41, 5.74) is 2.64. The second kappa shape index (κ2) is 6.24. The van der Waals surface area contributed by atoms with Crippen molar-refractivity contribution in [2.75, 3.05) is 19.0 Å². The number of fused-ring (bicyclic) bond motifs is 3. The summed E-state index contributed by atoms with van der Waals surface area (Å²) < 4.78 is 7.53. The van der Waals surface area contributed by atoms with Crippen molar-refractivity contribution in [2.45, 2.75) is 12.8 Å². The van der Waals surface area contributed by atoms with Gasteiger partial charge in [-0.05, 0) is 24.3 Å². The number of ether oxygens (including phenoxy) is 1. The van der Waals surface area contributed by atoms with E-state index in [2.05, 4.69) is 22.4 Å². The zero-order chi connectivity index (χ0) is 17.6. The number of benzene rings is 2. The second-order valence-electron chi connectivity index (χ2n) is 5.98. The lowest BCUT2D eigenvalue weighted by molar-refractivity contribution is 0.416. The van der Waals surface area contributed by atoms with Gasteiger partial charge in [0.25, 0.3) is 0 Å². The Labute approximate surface area is 155 Å². The number of para-hydroxylation sites is 1. The van der Waals surface area contributed by atoms with E-state index in [1.54, 1.807) is 7.11 Å². The first-order valence-corrected chi connectivity index (χ1v) is 8.67. The summed E-state index contributed by atoms with van der Waals surface area (Å²) in [6.45, 7) is 2.84. The third-order valence-electron chi connectivity index (χ3n) is 4.35. The van der Waals surface area contributed by atoms with Crippen molar-refractivity contribution < 1.29 is 4.74 Å². The maximum absolute atomic E-state index is 6.29. The average Bonchev–Trinajstić information content (AvgIpc) is 3.01. The molecule has 25 heavy (non-hydrogen) atoms. The van der Waals surface area contributed by atoms with E-state index >= 15 is 0 Å². The van der Waals surface area contributed by atoms with Gasteiger partial charge in [-0.3, -0.25) is 4.57 Å². The minimum atomic E-state index is 0.168. The van der Waals surface area contributed by atoms with Gasteiger partial charge in [0.2, 0.25) is 0 Å². The predicted octanol–water partition coefficient (Wildman–Crippen LogP) is 4.78. The van der Waals surface area contributed by atoms with Gasteiger partial charge < -0.3 is 10.1 Å². The van der Waals surface area contributed by atoms with E-state index in [9.17, 15) is 0 Å². The van der Waals surface area contributed by atoms with Gasteiger partial charge in [0, 0.05) is 12.5 Å². The number of rotatable bonds is 2. The number of nitrogens with zero attached hydrogens (tertiary/aromatic N) is 3. The van der Waals surface area contributed by atoms with Crippen LogP contribution < -0.4 is 10.1 Å². The third-order valence-corrected chi connectivity index (χ3v) is 5.08. The van der Waals surface area contributed by atoms with Gasteiger partial charge in [0.15, 0.2) is 5.82 Å². The summed E-state index contributed by atoms with van der Waals surface area (Å²) in [6, 6.07) is 11.4. The Balaban J connectivity index is 2.02. The summed E-state index contributed by atoms with van der Waals surface area (Å²) in [6.07, 6.45) is 0. The maximum atomic E-state index is 6.29. The van der Waals surface area contributed by atoms with Gasteiger partial charge in [-0.1, -0.05) is 42.3 Å². The van der Waals surface area contributed by atoms with E-state index in [1.165, 1.54) is 0 Å². The molecule has 0 saturated heterocycles. The minimum Gasteiger partial charge on any atom is -0.496 e. The van der Waals surface area contributed by atoms with E-state index in [0.29, 0.717) is 15.9 Å². The number of nitrogens with one attached hydrogen (secondary N) is 1. The van der Waals surface area contributed by atoms with Gasteiger partial charge in [-0.2, -0.15) is 0 Å². The van der Waals surface area contributed by atoms with Gasteiger partial charge in [-0.25, -0.2) is 0 Å². The lowest BCUT2D eigenvalue weighted by Gasteiger charge is -2.14. The predicted molar refractivity (Wildman–Crippen MR) is 100 cm³/mol. The Morgan fingerprint density at radius 3 is 2.72 bits per heavy atom. The Morgan fingerprint density at radius 1 is 1.16 bits per heavy atom. The molecule has 1 N–H and O–H groups in total. The first-order chi connectivity index (χ1) is 12.1. The van der Waals surface area contributed by atoms with Crippen molar-refractivity contribution in [3.63, 3.8) is 0 Å². The molecule has 1 atom stereocenters. The molecule has 3 aromatic rings. The van der Waals surface area contributed by atoms with Crippen molar-refractivity contribution in [1.29, 1.82) is 0 Å². The molecular formula is C18H16Cl2N4O. The van der Waals surface area contributed by atoms with E-state index in [4.69, 9.17) is 27.9 Å². The van der Waals surface area contributed by atoms with Gasteiger partial charge in [-0.15, -0.1) is 10.2 Å². The maximum Gasteiger partial charge on any atom is 0.172 e. The van der Waals surface area contributed by atoms with Crippen LogP contribution in [0.1, 0.15) is 18.7 Å². The quantitative estimate of drug-likeness (QED) is 0.701. The highest BCUT2D eigenvalue weighted by Crippen LogP contribution is 2.39. The number of aromatic nitrogens is 3. The standard InChI is InChI=1S/C18H16Cl2N4O/c1-10-9-21-14-7-12(19)13(20)8-15(14)24-17(10)22-23-18(24)11-5-3-4-6-16(11)25-2/h3-8,10,21H,9H2,1-2H3. The zero-order valence-electron chi connectivity index (χ0n) is 13.8. The summed E-state index contributed by atoms with van der Waals surface area (Å²) in [5.74, 6) is 2.48. The lowest BCUT2D eigenvalue weighted by Crippen LogP contribution is -2.09. The van der Waals surface area contributed by atoms with Crippen LogP contribution in [0.3, 0.4) is 0 Å². The smallest absolute Gasteiger partial charge is 0.172 e. The van der Waals surface area contributed by atoms with Crippen LogP contribution in [-0.4, -0.2) is 28.4 Å². The molecule has 0 amide bonds. The third kappa shape index (κ3) is 2.64. The van der Waals surface area contributed by atoms with E-state index in [-0.39, 0.29) is 5.92 Å². The second-order valence-corrected chi connectivity index (χ2v) is 6.80. The largest absolute Gasteiger partial charge is 0.496 e. The fourth-order valence-electron chi connectivity index (χ4n) is 3.07. The molecule has 0 radical (unpaired) electrons. The molecule has 0 spiro atoms. The minimum absolute atomic E-state index is 0.168. The highest BCUT2D eigenvalue weighted by molar-refractivity contribution is 6.42. The monoisotopic (exact) mass is 374 g/mol. The van der Waals surface area contributed by atoms with Gasteiger partial charge in [0.1, 0.15) is 11.6 Å². The van der Waals surface area contributed by atoms with Crippen LogP contribution >= 0.6 is 23.2 Å². The van der Waals surface area contributed by atoms with Crippen molar-refractivity contribution in [2.24, 2.45) is 0 Å². The fraction of sp³-hybridized carbons (Fsp3) is 0.222. The van der Waals surface area contributed by atoms with Crippen LogP contribution in [0.2, 0.25) is 10.0 Å². The molecule has 0 fully saturated rings. The Bertz CT molecular complexity index is 954. The normalized spacial score (nSPS) is 15.8. The number of methoxy groups -OCH3 is 1. The van der Waals surface area contributed by atoms with Crippen molar-refractivity contribution in [3.05, 3.63) is 52.3 Å². The number of anilines is 1. The highest BCUT2D eigenvalue weighted by atomic mass is 35.5. The van der Waals surface area contributed by atoms with E-state index < -0.39 is 0 Å². The Kier molecular flexibility index (Phi) is 4.06. The van der Waals surface area contributed by atoms with Crippen LogP contribution in [0.5, 0.6) is 5.75 Å². The van der Waals surface area contributed by atoms with Crippen molar-refractivity contribution in [1.82, 2.24) is 14.8 Å². The van der Waals surface area contributed by atoms with E-state index in [1.807, 2.05) is 41.0 Å². The average molecular weight is 375 g/mol. The number of hydrogen-bond donors (Lipinski definition) is 1. The van der Waals surface area contributed by atoms with Crippen molar-refractivity contribution >= 4 is 28.9 Å². The molecule has 0 bridgehead atoms. The first kappa shape index (κ1) is 16.2. The topological polar surface area (TPSA) is 52.0 Å². The molecule has 1 aromatic heterocycles. The summed E-state index contributed by atoms with van der Waals surface area (Å²) in [5, 5.41) is 13.3. The van der Waals surface area contributed by atoms with Crippen LogP contribution in [-0.2, 0) is 0 Å². The molecule has 1 unspecified atom stereocenters. The number of halogens is 2.